The van der Waals surface area contributed by atoms with Gasteiger partial charge >= 0.3 is 106 Å². The number of esters is 1. The molecule has 5 nitrogen and oxygen atoms in total. The maximum absolute atomic E-state index is 11.7. The van der Waals surface area contributed by atoms with Crippen LogP contribution in [0.5, 0.6) is 11.5 Å². The molecule has 0 radical (unpaired) electrons. The van der Waals surface area contributed by atoms with Gasteiger partial charge in [-0.3, -0.25) is 0 Å². The third kappa shape index (κ3) is 2.69. The SMILES string of the molecule is COC(=O)C(C)(C)c1ccc(OB=O)c(OC)c1. The quantitative estimate of drug-likeness (QED) is 0.585. The van der Waals surface area contributed by atoms with Crippen molar-refractivity contribution in [2.75, 3.05) is 14.2 Å². The number of ether oxygens (including phenoxy) is 2. The summed E-state index contributed by atoms with van der Waals surface area (Å²) >= 11 is 0. The Morgan fingerprint density at radius 3 is 2.39 bits per heavy atom. The van der Waals surface area contributed by atoms with Crippen molar-refractivity contribution < 1.29 is 23.6 Å². The summed E-state index contributed by atoms with van der Waals surface area (Å²) < 4.78 is 25.0. The van der Waals surface area contributed by atoms with E-state index in [2.05, 4.69) is 0 Å². The van der Waals surface area contributed by atoms with Gasteiger partial charge in [0.15, 0.2) is 0 Å². The molecule has 6 heteroatoms. The number of hydrogen-bond acceptors (Lipinski definition) is 5. The van der Waals surface area contributed by atoms with E-state index in [1.165, 1.54) is 14.2 Å². The van der Waals surface area contributed by atoms with Crippen molar-refractivity contribution in [3.05, 3.63) is 23.8 Å². The summed E-state index contributed by atoms with van der Waals surface area (Å²) in [5.74, 6) is 0.335. The average molecular weight is 250 g/mol. The minimum atomic E-state index is -0.804. The van der Waals surface area contributed by atoms with Crippen molar-refractivity contribution in [2.45, 2.75) is 19.3 Å². The van der Waals surface area contributed by atoms with Crippen LogP contribution in [0.25, 0.3) is 0 Å². The fraction of sp³-hybridized carbons (Fsp3) is 0.417. The summed E-state index contributed by atoms with van der Waals surface area (Å²) in [7, 11) is 3.12. The number of carbonyl (C=O) groups excluding carboxylic acids is 1. The van der Waals surface area contributed by atoms with E-state index in [1.807, 2.05) is 0 Å². The third-order valence-electron chi connectivity index (χ3n) is 2.76. The van der Waals surface area contributed by atoms with Gasteiger partial charge in [-0.15, -0.1) is 0 Å². The predicted octanol–water partition coefficient (Wildman–Crippen LogP) is 1.49. The molecule has 0 bridgehead atoms. The van der Waals surface area contributed by atoms with Crippen LogP contribution >= 0.6 is 0 Å². The fourth-order valence-corrected chi connectivity index (χ4v) is 1.58. The molecule has 0 aliphatic rings. The number of hydrogen-bond donors (Lipinski definition) is 0. The molecule has 0 aliphatic heterocycles. The predicted molar refractivity (Wildman–Crippen MR) is 65.1 cm³/mol. The van der Waals surface area contributed by atoms with Crippen LogP contribution in [0.2, 0.25) is 0 Å². The zero-order valence-corrected chi connectivity index (χ0v) is 10.9. The van der Waals surface area contributed by atoms with E-state index < -0.39 is 5.41 Å². The fourth-order valence-electron chi connectivity index (χ4n) is 1.58. The zero-order valence-electron chi connectivity index (χ0n) is 10.9. The zero-order chi connectivity index (χ0) is 13.8. The van der Waals surface area contributed by atoms with Crippen molar-refractivity contribution in [1.82, 2.24) is 0 Å². The van der Waals surface area contributed by atoms with Crippen molar-refractivity contribution in [2.24, 2.45) is 0 Å². The second kappa shape index (κ2) is 5.66. The van der Waals surface area contributed by atoms with Crippen LogP contribution < -0.4 is 9.39 Å². The summed E-state index contributed by atoms with van der Waals surface area (Å²) in [5, 5.41) is 0. The monoisotopic (exact) mass is 250 g/mol. The molecule has 1 rings (SSSR count). The van der Waals surface area contributed by atoms with Crippen molar-refractivity contribution in [3.63, 3.8) is 0 Å². The van der Waals surface area contributed by atoms with Crippen LogP contribution in [0, 0.1) is 0 Å². The van der Waals surface area contributed by atoms with Gasteiger partial charge in [0.1, 0.15) is 0 Å². The number of benzene rings is 1. The Balaban J connectivity index is 3.19. The summed E-state index contributed by atoms with van der Waals surface area (Å²) in [6.45, 7) is 3.49. The van der Waals surface area contributed by atoms with Crippen LogP contribution in [0.15, 0.2) is 18.2 Å². The summed E-state index contributed by atoms with van der Waals surface area (Å²) in [5.41, 5.74) is -0.0914. The van der Waals surface area contributed by atoms with Crippen molar-refractivity contribution >= 4 is 13.3 Å². The Labute approximate surface area is 106 Å². The van der Waals surface area contributed by atoms with Gasteiger partial charge in [0.2, 0.25) is 0 Å². The van der Waals surface area contributed by atoms with Gasteiger partial charge < -0.3 is 0 Å². The van der Waals surface area contributed by atoms with Crippen LogP contribution in [-0.4, -0.2) is 27.5 Å². The molecule has 0 unspecified atom stereocenters. The Kier molecular flexibility index (Phi) is 4.47. The number of methoxy groups -OCH3 is 2. The van der Waals surface area contributed by atoms with E-state index in [-0.39, 0.29) is 5.97 Å². The summed E-state index contributed by atoms with van der Waals surface area (Å²) in [6.07, 6.45) is 0. The molecule has 0 aliphatic carbocycles. The molecule has 0 heterocycles. The van der Waals surface area contributed by atoms with Gasteiger partial charge in [0.05, 0.1) is 0 Å². The van der Waals surface area contributed by atoms with Gasteiger partial charge in [0, 0.05) is 0 Å². The maximum atomic E-state index is 11.7. The standard InChI is InChI=1S/C12H15BO5/c1-12(2,11(14)17-4)8-5-6-9(18-13-15)10(7-8)16-3/h5-7H,1-4H3. The molecule has 0 fully saturated rings. The normalized spacial score (nSPS) is 10.4. The van der Waals surface area contributed by atoms with E-state index in [4.69, 9.17) is 14.1 Å². The van der Waals surface area contributed by atoms with Gasteiger partial charge in [-0.05, 0) is 0 Å². The van der Waals surface area contributed by atoms with Gasteiger partial charge in [0.25, 0.3) is 0 Å². The van der Waals surface area contributed by atoms with Crippen molar-refractivity contribution in [1.29, 1.82) is 0 Å². The molecule has 0 atom stereocenters. The summed E-state index contributed by atoms with van der Waals surface area (Å²) in [4.78, 5) is 11.7. The van der Waals surface area contributed by atoms with Crippen LogP contribution in [-0.2, 0) is 19.7 Å². The molecule has 0 saturated carbocycles. The Bertz CT molecular complexity index is 456. The van der Waals surface area contributed by atoms with E-state index >= 15 is 0 Å². The van der Waals surface area contributed by atoms with Gasteiger partial charge in [-0.25, -0.2) is 0 Å². The van der Waals surface area contributed by atoms with Crippen LogP contribution in [0.3, 0.4) is 0 Å². The van der Waals surface area contributed by atoms with E-state index in [0.29, 0.717) is 24.4 Å². The molecule has 0 saturated heterocycles. The molecule has 1 aromatic rings. The van der Waals surface area contributed by atoms with E-state index in [9.17, 15) is 9.50 Å². The first-order valence-electron chi connectivity index (χ1n) is 5.34. The van der Waals surface area contributed by atoms with Gasteiger partial charge in [-0.2, -0.15) is 0 Å². The third-order valence-corrected chi connectivity index (χ3v) is 2.76. The molecular formula is C12H15BO5. The van der Waals surface area contributed by atoms with E-state index in [0.717, 1.165) is 0 Å². The molecule has 0 amide bonds. The second-order valence-corrected chi connectivity index (χ2v) is 4.20. The van der Waals surface area contributed by atoms with E-state index in [1.54, 1.807) is 32.0 Å². The first kappa shape index (κ1) is 14.2. The van der Waals surface area contributed by atoms with Crippen molar-refractivity contribution in [3.8, 4) is 11.5 Å². The number of carbonyl (C=O) groups is 1. The Morgan fingerprint density at radius 1 is 1.22 bits per heavy atom. The molecule has 1 aromatic carbocycles. The molecule has 0 spiro atoms. The molecular weight excluding hydrogens is 235 g/mol. The Morgan fingerprint density at radius 2 is 1.89 bits per heavy atom. The van der Waals surface area contributed by atoms with Gasteiger partial charge in [-0.1, -0.05) is 0 Å². The summed E-state index contributed by atoms with van der Waals surface area (Å²) in [6, 6.07) is 4.92. The Hall–Kier alpha value is -1.85. The topological polar surface area (TPSA) is 61.8 Å². The number of rotatable bonds is 5. The molecule has 18 heavy (non-hydrogen) atoms. The molecule has 0 N–H and O–H groups in total. The first-order valence-corrected chi connectivity index (χ1v) is 5.34. The molecule has 96 valence electrons. The average Bonchev–Trinajstić information content (AvgIpc) is 2.38. The first-order chi connectivity index (χ1) is 8.47. The molecule has 0 aromatic heterocycles. The second-order valence-electron chi connectivity index (χ2n) is 4.20. The van der Waals surface area contributed by atoms with Crippen LogP contribution in [0.1, 0.15) is 19.4 Å². The minimum absolute atomic E-state index is 0.303. The van der Waals surface area contributed by atoms with Crippen LogP contribution in [0.4, 0.5) is 0 Å².